The van der Waals surface area contributed by atoms with Crippen molar-refractivity contribution in [3.8, 4) is 11.3 Å². The van der Waals surface area contributed by atoms with Gasteiger partial charge in [-0.15, -0.1) is 0 Å². The first kappa shape index (κ1) is 19.4. The molecule has 0 amide bonds. The van der Waals surface area contributed by atoms with Crippen molar-refractivity contribution in [1.29, 1.82) is 0 Å². The first-order chi connectivity index (χ1) is 13.9. The molecule has 2 heterocycles. The van der Waals surface area contributed by atoms with Crippen LogP contribution in [0.4, 0.5) is 5.69 Å². The van der Waals surface area contributed by atoms with Crippen LogP contribution in [-0.4, -0.2) is 22.6 Å². The first-order valence-electron chi connectivity index (χ1n) is 9.09. The number of benzene rings is 1. The van der Waals surface area contributed by atoms with E-state index in [0.29, 0.717) is 28.6 Å². The average molecular weight is 462 g/mol. The zero-order valence-electron chi connectivity index (χ0n) is 15.2. The lowest BCUT2D eigenvalue weighted by atomic mass is 9.93. The molecule has 2 fully saturated rings. The van der Waals surface area contributed by atoms with E-state index in [2.05, 4.69) is 15.9 Å². The number of hydrogen-bond acceptors (Lipinski definition) is 7. The minimum atomic E-state index is -1.14. The molecule has 1 aromatic carbocycles. The number of carbonyl (C=O) groups excluding carboxylic acids is 2. The van der Waals surface area contributed by atoms with Gasteiger partial charge in [-0.3, -0.25) is 10.1 Å². The number of ether oxygens (including phenoxy) is 2. The lowest BCUT2D eigenvalue weighted by Crippen LogP contribution is -2.47. The molecule has 0 N–H and O–H groups in total. The molecule has 2 aromatic rings. The lowest BCUT2D eigenvalue weighted by Gasteiger charge is -2.38. The molecule has 29 heavy (non-hydrogen) atoms. The number of carbonyl (C=O) groups is 2. The molecule has 1 spiro atoms. The Morgan fingerprint density at radius 2 is 1.72 bits per heavy atom. The van der Waals surface area contributed by atoms with Gasteiger partial charge < -0.3 is 13.9 Å². The predicted octanol–water partition coefficient (Wildman–Crippen LogP) is 4.76. The Hall–Kier alpha value is -2.94. The van der Waals surface area contributed by atoms with Gasteiger partial charge in [0.15, 0.2) is 0 Å². The van der Waals surface area contributed by atoms with Crippen LogP contribution in [0, 0.1) is 10.1 Å². The van der Waals surface area contributed by atoms with Crippen LogP contribution in [-0.2, 0) is 19.1 Å². The molecular formula is C20H16BrNO7. The molecule has 1 aromatic heterocycles. The van der Waals surface area contributed by atoms with Crippen LogP contribution >= 0.6 is 15.9 Å². The molecular weight excluding hydrogens is 446 g/mol. The molecule has 8 nitrogen and oxygen atoms in total. The Bertz CT molecular complexity index is 1010. The second-order valence-corrected chi connectivity index (χ2v) is 7.79. The SMILES string of the molecule is O=C1OC2(CCCCC2)OC(=O)C1=Cc1ccc(-c2ccc([N+](=O)[O-])cc2Br)o1. The second kappa shape index (κ2) is 7.47. The highest BCUT2D eigenvalue weighted by Crippen LogP contribution is 2.38. The molecule has 1 saturated carbocycles. The third-order valence-corrected chi connectivity index (χ3v) is 5.61. The van der Waals surface area contributed by atoms with Gasteiger partial charge in [-0.1, -0.05) is 6.42 Å². The number of rotatable bonds is 3. The molecule has 9 heteroatoms. The molecule has 1 aliphatic heterocycles. The Kier molecular flexibility index (Phi) is 4.99. The summed E-state index contributed by atoms with van der Waals surface area (Å²) in [5.74, 6) is -1.91. The van der Waals surface area contributed by atoms with Crippen molar-refractivity contribution in [3.63, 3.8) is 0 Å². The maximum Gasteiger partial charge on any atom is 0.349 e. The van der Waals surface area contributed by atoms with Crippen LogP contribution in [0.3, 0.4) is 0 Å². The molecule has 0 atom stereocenters. The summed E-state index contributed by atoms with van der Waals surface area (Å²) in [6, 6.07) is 7.51. The number of furan rings is 1. The van der Waals surface area contributed by atoms with Crippen molar-refractivity contribution >= 4 is 39.6 Å². The molecule has 150 valence electrons. The Balaban J connectivity index is 1.57. The Labute approximate surface area is 173 Å². The van der Waals surface area contributed by atoms with Gasteiger partial charge in [0, 0.05) is 41.1 Å². The van der Waals surface area contributed by atoms with E-state index in [9.17, 15) is 19.7 Å². The molecule has 1 saturated heterocycles. The van der Waals surface area contributed by atoms with Crippen LogP contribution in [0.15, 0.2) is 44.8 Å². The smallest absolute Gasteiger partial charge is 0.349 e. The van der Waals surface area contributed by atoms with E-state index in [1.54, 1.807) is 18.2 Å². The largest absolute Gasteiger partial charge is 0.457 e. The highest BCUT2D eigenvalue weighted by Gasteiger charge is 2.46. The van der Waals surface area contributed by atoms with Gasteiger partial charge in [0.05, 0.1) is 4.92 Å². The van der Waals surface area contributed by atoms with Gasteiger partial charge in [-0.05, 0) is 47.0 Å². The van der Waals surface area contributed by atoms with Crippen LogP contribution in [0.2, 0.25) is 0 Å². The highest BCUT2D eigenvalue weighted by atomic mass is 79.9. The average Bonchev–Trinajstić information content (AvgIpc) is 3.13. The fourth-order valence-corrected chi connectivity index (χ4v) is 4.06. The number of esters is 2. The quantitative estimate of drug-likeness (QED) is 0.213. The number of nitro groups is 1. The van der Waals surface area contributed by atoms with E-state index >= 15 is 0 Å². The van der Waals surface area contributed by atoms with Crippen molar-refractivity contribution in [3.05, 3.63) is 56.3 Å². The summed E-state index contributed by atoms with van der Waals surface area (Å²) >= 11 is 3.29. The van der Waals surface area contributed by atoms with Gasteiger partial charge in [0.2, 0.25) is 0 Å². The fraction of sp³-hybridized carbons (Fsp3) is 0.300. The number of hydrogen-bond donors (Lipinski definition) is 0. The zero-order chi connectivity index (χ0) is 20.6. The van der Waals surface area contributed by atoms with Crippen LogP contribution in [0.5, 0.6) is 0 Å². The second-order valence-electron chi connectivity index (χ2n) is 6.93. The van der Waals surface area contributed by atoms with E-state index in [1.165, 1.54) is 18.2 Å². The van der Waals surface area contributed by atoms with Crippen LogP contribution < -0.4 is 0 Å². The van der Waals surface area contributed by atoms with Crippen LogP contribution in [0.25, 0.3) is 17.4 Å². The molecule has 1 aliphatic carbocycles. The topological polar surface area (TPSA) is 109 Å². The number of nitro benzene ring substituents is 1. The Morgan fingerprint density at radius 3 is 2.34 bits per heavy atom. The van der Waals surface area contributed by atoms with Gasteiger partial charge in [-0.25, -0.2) is 9.59 Å². The lowest BCUT2D eigenvalue weighted by molar-refractivity contribution is -0.384. The summed E-state index contributed by atoms with van der Waals surface area (Å²) in [5, 5.41) is 10.9. The zero-order valence-corrected chi connectivity index (χ0v) is 16.8. The number of halogens is 1. The number of non-ortho nitro benzene ring substituents is 1. The van der Waals surface area contributed by atoms with Gasteiger partial charge in [-0.2, -0.15) is 0 Å². The van der Waals surface area contributed by atoms with Crippen molar-refractivity contribution < 1.29 is 28.4 Å². The third kappa shape index (κ3) is 3.82. The fourth-order valence-electron chi connectivity index (χ4n) is 3.50. The molecule has 0 radical (unpaired) electrons. The normalized spacial score (nSPS) is 18.3. The predicted molar refractivity (Wildman–Crippen MR) is 104 cm³/mol. The summed E-state index contributed by atoms with van der Waals surface area (Å²) in [7, 11) is 0. The molecule has 2 aliphatic rings. The van der Waals surface area contributed by atoms with E-state index in [4.69, 9.17) is 13.9 Å². The third-order valence-electron chi connectivity index (χ3n) is 4.95. The monoisotopic (exact) mass is 461 g/mol. The van der Waals surface area contributed by atoms with Gasteiger partial charge in [0.25, 0.3) is 11.5 Å². The van der Waals surface area contributed by atoms with Crippen LogP contribution in [0.1, 0.15) is 37.9 Å². The molecule has 4 rings (SSSR count). The van der Waals surface area contributed by atoms with E-state index in [0.717, 1.165) is 19.3 Å². The molecule has 0 unspecified atom stereocenters. The van der Waals surface area contributed by atoms with E-state index in [1.807, 2.05) is 0 Å². The maximum absolute atomic E-state index is 12.4. The van der Waals surface area contributed by atoms with Gasteiger partial charge >= 0.3 is 11.9 Å². The van der Waals surface area contributed by atoms with Crippen molar-refractivity contribution in [2.75, 3.05) is 0 Å². The maximum atomic E-state index is 12.4. The number of nitrogens with zero attached hydrogens (tertiary/aromatic N) is 1. The van der Waals surface area contributed by atoms with Crippen molar-refractivity contribution in [1.82, 2.24) is 0 Å². The van der Waals surface area contributed by atoms with Crippen molar-refractivity contribution in [2.24, 2.45) is 0 Å². The Morgan fingerprint density at radius 1 is 1.03 bits per heavy atom. The molecule has 0 bridgehead atoms. The minimum Gasteiger partial charge on any atom is -0.457 e. The van der Waals surface area contributed by atoms with Crippen molar-refractivity contribution in [2.45, 2.75) is 37.9 Å². The van der Waals surface area contributed by atoms with E-state index in [-0.39, 0.29) is 17.0 Å². The summed E-state index contributed by atoms with van der Waals surface area (Å²) < 4.78 is 17.1. The first-order valence-corrected chi connectivity index (χ1v) is 9.89. The van der Waals surface area contributed by atoms with E-state index < -0.39 is 22.6 Å². The summed E-state index contributed by atoms with van der Waals surface area (Å²) in [6.45, 7) is 0. The summed E-state index contributed by atoms with van der Waals surface area (Å²) in [4.78, 5) is 35.2. The standard InChI is InChI=1S/C20H16BrNO7/c21-16-10-12(22(25)26)4-6-14(16)17-7-5-13(27-17)11-15-18(23)28-20(29-19(15)24)8-2-1-3-9-20/h4-7,10-11H,1-3,8-9H2. The van der Waals surface area contributed by atoms with Gasteiger partial charge in [0.1, 0.15) is 17.1 Å². The summed E-state index contributed by atoms with van der Waals surface area (Å²) in [5.41, 5.74) is 0.305. The highest BCUT2D eigenvalue weighted by molar-refractivity contribution is 9.10. The summed E-state index contributed by atoms with van der Waals surface area (Å²) in [6.07, 6.45) is 5.00. The minimum absolute atomic E-state index is 0.0566.